The number of carbonyl (C=O) groups excluding carboxylic acids is 3. The molecule has 1 saturated heterocycles. The SMILES string of the molecule is CSc1cccc(N2C[C@H](C(=O)OCc3csc(N(C(C)=O)c4ccccc4)n3)CC2=O)c1. The molecule has 0 saturated carbocycles. The highest BCUT2D eigenvalue weighted by molar-refractivity contribution is 7.98. The molecule has 0 aliphatic carbocycles. The molecule has 33 heavy (non-hydrogen) atoms. The predicted octanol–water partition coefficient (Wildman–Crippen LogP) is 4.65. The van der Waals surface area contributed by atoms with Gasteiger partial charge in [0, 0.05) is 35.9 Å². The second-order valence-corrected chi connectivity index (χ2v) is 9.24. The van der Waals surface area contributed by atoms with Crippen molar-refractivity contribution < 1.29 is 19.1 Å². The molecule has 9 heteroatoms. The van der Waals surface area contributed by atoms with Crippen molar-refractivity contribution in [3.63, 3.8) is 0 Å². The van der Waals surface area contributed by atoms with Gasteiger partial charge >= 0.3 is 5.97 Å². The van der Waals surface area contributed by atoms with Gasteiger partial charge in [0.25, 0.3) is 0 Å². The summed E-state index contributed by atoms with van der Waals surface area (Å²) in [5.41, 5.74) is 2.06. The highest BCUT2D eigenvalue weighted by atomic mass is 32.2. The normalized spacial score (nSPS) is 15.5. The molecule has 0 N–H and O–H groups in total. The number of rotatable bonds is 7. The van der Waals surface area contributed by atoms with Gasteiger partial charge in [0.1, 0.15) is 6.61 Å². The van der Waals surface area contributed by atoms with Gasteiger partial charge in [-0.05, 0) is 36.6 Å². The standard InChI is InChI=1S/C24H23N3O4S2/c1-16(28)27(19-7-4-3-5-8-19)24-25-18(15-33-24)14-31-23(30)17-11-22(29)26(13-17)20-9-6-10-21(12-20)32-2/h3-10,12,15,17H,11,13-14H2,1-2H3/t17-/m1/s1. The Balaban J connectivity index is 1.38. The first kappa shape index (κ1) is 23.0. The van der Waals surface area contributed by atoms with Crippen molar-refractivity contribution in [1.82, 2.24) is 4.98 Å². The minimum absolute atomic E-state index is 0.0114. The van der Waals surface area contributed by atoms with Gasteiger partial charge in [0.2, 0.25) is 11.8 Å². The van der Waals surface area contributed by atoms with E-state index in [1.54, 1.807) is 22.0 Å². The number of aromatic nitrogens is 1. The Kier molecular flexibility index (Phi) is 7.10. The summed E-state index contributed by atoms with van der Waals surface area (Å²) in [5, 5.41) is 2.28. The number of thioether (sulfide) groups is 1. The molecule has 1 fully saturated rings. The van der Waals surface area contributed by atoms with E-state index in [-0.39, 0.29) is 24.8 Å². The van der Waals surface area contributed by atoms with E-state index in [4.69, 9.17) is 4.74 Å². The van der Waals surface area contributed by atoms with E-state index in [0.29, 0.717) is 17.4 Å². The number of anilines is 3. The molecule has 1 aliphatic heterocycles. The van der Waals surface area contributed by atoms with Crippen LogP contribution in [0.25, 0.3) is 0 Å². The number of carbonyl (C=O) groups is 3. The molecule has 0 bridgehead atoms. The molecule has 3 aromatic rings. The van der Waals surface area contributed by atoms with Gasteiger partial charge in [-0.2, -0.15) is 0 Å². The van der Waals surface area contributed by atoms with Crippen LogP contribution >= 0.6 is 23.1 Å². The highest BCUT2D eigenvalue weighted by Gasteiger charge is 2.36. The zero-order valence-corrected chi connectivity index (χ0v) is 19.9. The summed E-state index contributed by atoms with van der Waals surface area (Å²) >= 11 is 2.90. The van der Waals surface area contributed by atoms with Crippen molar-refractivity contribution in [3.05, 3.63) is 65.7 Å². The maximum Gasteiger partial charge on any atom is 0.311 e. The lowest BCUT2D eigenvalue weighted by atomic mass is 10.1. The Morgan fingerprint density at radius 1 is 1.21 bits per heavy atom. The van der Waals surface area contributed by atoms with Crippen LogP contribution in [-0.2, 0) is 25.7 Å². The van der Waals surface area contributed by atoms with Gasteiger partial charge in [-0.25, -0.2) is 4.98 Å². The van der Waals surface area contributed by atoms with Crippen LogP contribution in [0.15, 0.2) is 64.9 Å². The fourth-order valence-electron chi connectivity index (χ4n) is 3.63. The quantitative estimate of drug-likeness (QED) is 0.361. The number of amides is 2. The molecule has 2 amide bonds. The fourth-order valence-corrected chi connectivity index (χ4v) is 4.95. The highest BCUT2D eigenvalue weighted by Crippen LogP contribution is 2.30. The van der Waals surface area contributed by atoms with E-state index in [9.17, 15) is 14.4 Å². The van der Waals surface area contributed by atoms with Gasteiger partial charge in [0.15, 0.2) is 5.13 Å². The zero-order chi connectivity index (χ0) is 23.4. The monoisotopic (exact) mass is 481 g/mol. The van der Waals surface area contributed by atoms with Crippen LogP contribution in [0.3, 0.4) is 0 Å². The number of hydrogen-bond donors (Lipinski definition) is 0. The van der Waals surface area contributed by atoms with Crippen LogP contribution in [0.1, 0.15) is 19.0 Å². The van der Waals surface area contributed by atoms with E-state index in [0.717, 1.165) is 16.3 Å². The number of benzene rings is 2. The van der Waals surface area contributed by atoms with Gasteiger partial charge < -0.3 is 9.64 Å². The molecule has 0 radical (unpaired) electrons. The Bertz CT molecular complexity index is 1170. The molecule has 1 atom stereocenters. The van der Waals surface area contributed by atoms with Crippen molar-refractivity contribution in [2.75, 3.05) is 22.6 Å². The molecule has 1 aromatic heterocycles. The minimum atomic E-state index is -0.522. The third kappa shape index (κ3) is 5.26. The number of ether oxygens (including phenoxy) is 1. The van der Waals surface area contributed by atoms with Crippen molar-refractivity contribution >= 4 is 57.4 Å². The molecule has 2 aromatic carbocycles. The van der Waals surface area contributed by atoms with Crippen LogP contribution in [0.5, 0.6) is 0 Å². The lowest BCUT2D eigenvalue weighted by molar-refractivity contribution is -0.149. The van der Waals surface area contributed by atoms with Crippen LogP contribution in [0.4, 0.5) is 16.5 Å². The average Bonchev–Trinajstić information content (AvgIpc) is 3.45. The second-order valence-electron chi connectivity index (χ2n) is 7.53. The van der Waals surface area contributed by atoms with E-state index in [1.807, 2.05) is 60.9 Å². The van der Waals surface area contributed by atoms with Gasteiger partial charge in [-0.1, -0.05) is 24.3 Å². The second kappa shape index (κ2) is 10.2. The largest absolute Gasteiger partial charge is 0.459 e. The Morgan fingerprint density at radius 3 is 2.73 bits per heavy atom. The summed E-state index contributed by atoms with van der Waals surface area (Å²) in [6.07, 6.45) is 2.10. The number of hydrogen-bond acceptors (Lipinski definition) is 7. The summed E-state index contributed by atoms with van der Waals surface area (Å²) in [6, 6.07) is 16.9. The van der Waals surface area contributed by atoms with E-state index in [1.165, 1.54) is 23.2 Å². The molecule has 1 aliphatic rings. The maximum atomic E-state index is 12.6. The Morgan fingerprint density at radius 2 is 2.00 bits per heavy atom. The predicted molar refractivity (Wildman–Crippen MR) is 130 cm³/mol. The summed E-state index contributed by atoms with van der Waals surface area (Å²) in [4.78, 5) is 46.0. The smallest absolute Gasteiger partial charge is 0.311 e. The molecule has 170 valence electrons. The van der Waals surface area contributed by atoms with Crippen molar-refractivity contribution in [2.24, 2.45) is 5.92 Å². The summed E-state index contributed by atoms with van der Waals surface area (Å²) in [7, 11) is 0. The lowest BCUT2D eigenvalue weighted by Crippen LogP contribution is -2.26. The first-order chi connectivity index (χ1) is 16.0. The first-order valence-electron chi connectivity index (χ1n) is 10.4. The van der Waals surface area contributed by atoms with Crippen LogP contribution < -0.4 is 9.80 Å². The average molecular weight is 482 g/mol. The zero-order valence-electron chi connectivity index (χ0n) is 18.3. The summed E-state index contributed by atoms with van der Waals surface area (Å²) < 4.78 is 5.47. The molecule has 4 rings (SSSR count). The number of thiazole rings is 1. The number of para-hydroxylation sites is 1. The van der Waals surface area contributed by atoms with Gasteiger partial charge in [-0.15, -0.1) is 23.1 Å². The first-order valence-corrected chi connectivity index (χ1v) is 12.5. The number of esters is 1. The molecule has 7 nitrogen and oxygen atoms in total. The fraction of sp³-hybridized carbons (Fsp3) is 0.250. The van der Waals surface area contributed by atoms with Crippen LogP contribution in [0, 0.1) is 5.92 Å². The van der Waals surface area contributed by atoms with Crippen molar-refractivity contribution in [2.45, 2.75) is 24.8 Å². The molecule has 0 spiro atoms. The molecule has 2 heterocycles. The van der Waals surface area contributed by atoms with Crippen molar-refractivity contribution in [1.29, 1.82) is 0 Å². The van der Waals surface area contributed by atoms with E-state index in [2.05, 4.69) is 4.98 Å². The van der Waals surface area contributed by atoms with Gasteiger partial charge in [0.05, 0.1) is 17.3 Å². The van der Waals surface area contributed by atoms with Gasteiger partial charge in [-0.3, -0.25) is 19.3 Å². The molecule has 0 unspecified atom stereocenters. The summed E-state index contributed by atoms with van der Waals surface area (Å²) in [6.45, 7) is 1.76. The Labute approximate surface area is 200 Å². The van der Waals surface area contributed by atoms with E-state index < -0.39 is 11.9 Å². The third-order valence-corrected chi connectivity index (χ3v) is 6.85. The maximum absolute atomic E-state index is 12.6. The summed E-state index contributed by atoms with van der Waals surface area (Å²) in [5.74, 6) is -1.19. The Hall–Kier alpha value is -3.17. The topological polar surface area (TPSA) is 79.8 Å². The lowest BCUT2D eigenvalue weighted by Gasteiger charge is -2.17. The molecular weight excluding hydrogens is 458 g/mol. The third-order valence-electron chi connectivity index (χ3n) is 5.25. The number of nitrogens with zero attached hydrogens (tertiary/aromatic N) is 3. The molecular formula is C24H23N3O4S2. The van der Waals surface area contributed by atoms with Crippen LogP contribution in [0.2, 0.25) is 0 Å². The minimum Gasteiger partial charge on any atom is -0.459 e. The van der Waals surface area contributed by atoms with Crippen LogP contribution in [-0.4, -0.2) is 35.6 Å². The van der Waals surface area contributed by atoms with Crippen molar-refractivity contribution in [3.8, 4) is 0 Å². The van der Waals surface area contributed by atoms with E-state index >= 15 is 0 Å².